The monoisotopic (exact) mass is 342 g/mol. The molecular weight excluding hydrogens is 316 g/mol. The zero-order chi connectivity index (χ0) is 17.6. The highest BCUT2D eigenvalue weighted by Crippen LogP contribution is 2.25. The van der Waals surface area contributed by atoms with Crippen molar-refractivity contribution in [3.05, 3.63) is 41.5 Å². The molecule has 2 aliphatic rings. The largest absolute Gasteiger partial charge is 0.496 e. The summed E-state index contributed by atoms with van der Waals surface area (Å²) in [7, 11) is 1.63. The Morgan fingerprint density at radius 1 is 1.32 bits per heavy atom. The fraction of sp³-hybridized carbons (Fsp3) is 0.500. The number of hydrogen-bond donors (Lipinski definition) is 1. The van der Waals surface area contributed by atoms with Crippen LogP contribution in [-0.2, 0) is 16.1 Å². The lowest BCUT2D eigenvalue weighted by atomic mass is 9.99. The van der Waals surface area contributed by atoms with Gasteiger partial charge in [0.1, 0.15) is 5.75 Å². The van der Waals surface area contributed by atoms with Crippen molar-refractivity contribution in [2.45, 2.75) is 38.6 Å². The zero-order valence-corrected chi connectivity index (χ0v) is 14.8. The molecule has 1 aromatic carbocycles. The number of rotatable bonds is 6. The Kier molecular flexibility index (Phi) is 5.74. The van der Waals surface area contributed by atoms with Crippen molar-refractivity contribution >= 4 is 11.8 Å². The summed E-state index contributed by atoms with van der Waals surface area (Å²) < 4.78 is 5.35. The minimum Gasteiger partial charge on any atom is -0.496 e. The van der Waals surface area contributed by atoms with Gasteiger partial charge in [-0.3, -0.25) is 9.59 Å². The Balaban J connectivity index is 1.54. The SMILES string of the molecule is COc1ccccc1CN1C[C@H](C(=O)NCC2=CCCCC2)CC1=O. The molecule has 0 spiro atoms. The van der Waals surface area contributed by atoms with Crippen molar-refractivity contribution in [3.8, 4) is 5.75 Å². The summed E-state index contributed by atoms with van der Waals surface area (Å²) in [5.74, 6) is 0.532. The van der Waals surface area contributed by atoms with Crippen molar-refractivity contribution in [2.75, 3.05) is 20.2 Å². The Hall–Kier alpha value is -2.30. The molecule has 5 nitrogen and oxygen atoms in total. The normalized spacial score (nSPS) is 20.4. The first-order valence-corrected chi connectivity index (χ1v) is 9.02. The van der Waals surface area contributed by atoms with Gasteiger partial charge in [0.2, 0.25) is 11.8 Å². The van der Waals surface area contributed by atoms with Crippen molar-refractivity contribution in [3.63, 3.8) is 0 Å². The third kappa shape index (κ3) is 4.41. The van der Waals surface area contributed by atoms with Crippen molar-refractivity contribution in [2.24, 2.45) is 5.92 Å². The summed E-state index contributed by atoms with van der Waals surface area (Å²) in [4.78, 5) is 26.5. The smallest absolute Gasteiger partial charge is 0.225 e. The highest BCUT2D eigenvalue weighted by atomic mass is 16.5. The van der Waals surface area contributed by atoms with E-state index in [1.165, 1.54) is 18.4 Å². The number of amides is 2. The minimum atomic E-state index is -0.258. The highest BCUT2D eigenvalue weighted by molar-refractivity contribution is 5.89. The van der Waals surface area contributed by atoms with Gasteiger partial charge in [0.15, 0.2) is 0 Å². The van der Waals surface area contributed by atoms with E-state index in [0.29, 0.717) is 26.1 Å². The standard InChI is InChI=1S/C20H26N2O3/c1-25-18-10-6-5-9-16(18)13-22-14-17(11-19(22)23)20(24)21-12-15-7-3-2-4-8-15/h5-7,9-10,17H,2-4,8,11-14H2,1H3,(H,21,24)/t17-/m1/s1. The molecular formula is C20H26N2O3. The maximum atomic E-state index is 12.4. The van der Waals surface area contributed by atoms with Gasteiger partial charge in [-0.25, -0.2) is 0 Å². The summed E-state index contributed by atoms with van der Waals surface area (Å²) >= 11 is 0. The van der Waals surface area contributed by atoms with Crippen LogP contribution in [0.5, 0.6) is 5.75 Å². The second kappa shape index (κ2) is 8.19. The van der Waals surface area contributed by atoms with Crippen LogP contribution in [0.2, 0.25) is 0 Å². The first-order chi connectivity index (χ1) is 12.2. The molecule has 3 rings (SSSR count). The molecule has 0 bridgehead atoms. The number of nitrogens with zero attached hydrogens (tertiary/aromatic N) is 1. The van der Waals surface area contributed by atoms with E-state index in [2.05, 4.69) is 11.4 Å². The van der Waals surface area contributed by atoms with E-state index in [0.717, 1.165) is 24.2 Å². The minimum absolute atomic E-state index is 0.0117. The van der Waals surface area contributed by atoms with Crippen molar-refractivity contribution in [1.29, 1.82) is 0 Å². The molecule has 1 aliphatic carbocycles. The summed E-state index contributed by atoms with van der Waals surface area (Å²) in [5, 5.41) is 3.01. The summed E-state index contributed by atoms with van der Waals surface area (Å²) in [6.45, 7) is 1.58. The number of nitrogens with one attached hydrogen (secondary N) is 1. The quantitative estimate of drug-likeness (QED) is 0.809. The molecule has 1 aromatic rings. The van der Waals surface area contributed by atoms with Crippen LogP contribution in [0, 0.1) is 5.92 Å². The Bertz CT molecular complexity index is 669. The molecule has 1 saturated heterocycles. The number of likely N-dealkylation sites (tertiary alicyclic amines) is 1. The van der Waals surface area contributed by atoms with Crippen LogP contribution in [0.4, 0.5) is 0 Å². The summed E-state index contributed by atoms with van der Waals surface area (Å²) in [6, 6.07) is 7.68. The molecule has 5 heteroatoms. The van der Waals surface area contributed by atoms with E-state index in [9.17, 15) is 9.59 Å². The van der Waals surface area contributed by atoms with Crippen molar-refractivity contribution in [1.82, 2.24) is 10.2 Å². The Labute approximate surface area is 149 Å². The maximum Gasteiger partial charge on any atom is 0.225 e. The van der Waals surface area contributed by atoms with E-state index < -0.39 is 0 Å². The molecule has 1 N–H and O–H groups in total. The van der Waals surface area contributed by atoms with Crippen LogP contribution >= 0.6 is 0 Å². The molecule has 0 aromatic heterocycles. The average molecular weight is 342 g/mol. The van der Waals surface area contributed by atoms with E-state index in [4.69, 9.17) is 4.74 Å². The topological polar surface area (TPSA) is 58.6 Å². The average Bonchev–Trinajstić information content (AvgIpc) is 3.02. The van der Waals surface area contributed by atoms with Gasteiger partial charge in [-0.15, -0.1) is 0 Å². The fourth-order valence-electron chi connectivity index (χ4n) is 3.55. The molecule has 1 heterocycles. The molecule has 0 saturated carbocycles. The van der Waals surface area contributed by atoms with Crippen LogP contribution in [-0.4, -0.2) is 36.9 Å². The first-order valence-electron chi connectivity index (χ1n) is 9.02. The van der Waals surface area contributed by atoms with Crippen LogP contribution < -0.4 is 10.1 Å². The van der Waals surface area contributed by atoms with Gasteiger partial charge in [-0.2, -0.15) is 0 Å². The molecule has 134 valence electrons. The lowest BCUT2D eigenvalue weighted by Gasteiger charge is -2.19. The van der Waals surface area contributed by atoms with Crippen LogP contribution in [0.25, 0.3) is 0 Å². The number of ether oxygens (including phenoxy) is 1. The molecule has 1 fully saturated rings. The molecule has 1 aliphatic heterocycles. The molecule has 2 amide bonds. The van der Waals surface area contributed by atoms with Gasteiger partial charge in [0.25, 0.3) is 0 Å². The summed E-state index contributed by atoms with van der Waals surface area (Å²) in [6.07, 6.45) is 7.16. The van der Waals surface area contributed by atoms with Gasteiger partial charge in [0.05, 0.1) is 13.0 Å². The van der Waals surface area contributed by atoms with Crippen LogP contribution in [0.3, 0.4) is 0 Å². The number of benzene rings is 1. The third-order valence-corrected chi connectivity index (χ3v) is 5.01. The molecule has 25 heavy (non-hydrogen) atoms. The summed E-state index contributed by atoms with van der Waals surface area (Å²) in [5.41, 5.74) is 2.28. The number of methoxy groups -OCH3 is 1. The van der Waals surface area contributed by atoms with Gasteiger partial charge < -0.3 is 15.0 Å². The Morgan fingerprint density at radius 2 is 2.16 bits per heavy atom. The first kappa shape index (κ1) is 17.5. The molecule has 0 unspecified atom stereocenters. The number of para-hydroxylation sites is 1. The molecule has 0 radical (unpaired) electrons. The fourth-order valence-corrected chi connectivity index (χ4v) is 3.55. The highest BCUT2D eigenvalue weighted by Gasteiger charge is 2.34. The van der Waals surface area contributed by atoms with Gasteiger partial charge >= 0.3 is 0 Å². The second-order valence-electron chi connectivity index (χ2n) is 6.81. The zero-order valence-electron chi connectivity index (χ0n) is 14.8. The number of carbonyl (C=O) groups is 2. The Morgan fingerprint density at radius 3 is 2.92 bits per heavy atom. The third-order valence-electron chi connectivity index (χ3n) is 5.01. The number of allylic oxidation sites excluding steroid dienone is 1. The number of hydrogen-bond acceptors (Lipinski definition) is 3. The van der Waals surface area contributed by atoms with Crippen LogP contribution in [0.1, 0.15) is 37.7 Å². The van der Waals surface area contributed by atoms with Gasteiger partial charge in [0, 0.05) is 31.6 Å². The predicted octanol–water partition coefficient (Wildman–Crippen LogP) is 2.66. The lowest BCUT2D eigenvalue weighted by Crippen LogP contribution is -2.34. The van der Waals surface area contributed by atoms with Gasteiger partial charge in [-0.05, 0) is 31.7 Å². The second-order valence-corrected chi connectivity index (χ2v) is 6.81. The van der Waals surface area contributed by atoms with Gasteiger partial charge in [-0.1, -0.05) is 29.8 Å². The van der Waals surface area contributed by atoms with Crippen molar-refractivity contribution < 1.29 is 14.3 Å². The van der Waals surface area contributed by atoms with E-state index in [1.807, 2.05) is 24.3 Å². The predicted molar refractivity (Wildman–Crippen MR) is 96.1 cm³/mol. The number of carbonyl (C=O) groups excluding carboxylic acids is 2. The van der Waals surface area contributed by atoms with E-state index in [1.54, 1.807) is 12.0 Å². The van der Waals surface area contributed by atoms with E-state index in [-0.39, 0.29) is 17.7 Å². The van der Waals surface area contributed by atoms with Crippen LogP contribution in [0.15, 0.2) is 35.9 Å². The molecule has 1 atom stereocenters. The lowest BCUT2D eigenvalue weighted by molar-refractivity contribution is -0.129. The van der Waals surface area contributed by atoms with E-state index >= 15 is 0 Å². The maximum absolute atomic E-state index is 12.4.